The number of halogens is 1. The molecule has 2 aliphatic rings. The van der Waals surface area contributed by atoms with Gasteiger partial charge in [-0.1, -0.05) is 34.6 Å². The SMILES string of the molecule is CCSC1=NN2C(=c3cc(Br)ccc3=N[C@H]2/C=C/c2ccco2)C(=O)N1. The van der Waals surface area contributed by atoms with Crippen LogP contribution in [-0.2, 0) is 4.79 Å². The van der Waals surface area contributed by atoms with E-state index in [9.17, 15) is 4.79 Å². The Morgan fingerprint density at radius 1 is 1.42 bits per heavy atom. The van der Waals surface area contributed by atoms with Crippen LogP contribution in [0.4, 0.5) is 0 Å². The first-order valence-electron chi connectivity index (χ1n) is 8.07. The first-order valence-corrected chi connectivity index (χ1v) is 9.85. The lowest BCUT2D eigenvalue weighted by molar-refractivity contribution is -0.116. The molecule has 1 aromatic carbocycles. The second-order valence-corrected chi connectivity index (χ2v) is 7.73. The van der Waals surface area contributed by atoms with Gasteiger partial charge >= 0.3 is 0 Å². The highest BCUT2D eigenvalue weighted by Gasteiger charge is 2.32. The molecule has 0 fully saturated rings. The van der Waals surface area contributed by atoms with Gasteiger partial charge in [0.15, 0.2) is 11.3 Å². The second kappa shape index (κ2) is 7.13. The van der Waals surface area contributed by atoms with Crippen molar-refractivity contribution in [1.29, 1.82) is 0 Å². The molecule has 4 rings (SSSR count). The minimum absolute atomic E-state index is 0.179. The number of thioether (sulfide) groups is 1. The third kappa shape index (κ3) is 3.22. The van der Waals surface area contributed by atoms with Gasteiger partial charge in [-0.3, -0.25) is 15.1 Å². The minimum atomic E-state index is -0.428. The fourth-order valence-corrected chi connectivity index (χ4v) is 3.72. The molecule has 1 atom stereocenters. The predicted octanol–water partition coefficient (Wildman–Crippen LogP) is 2.28. The molecule has 132 valence electrons. The second-order valence-electron chi connectivity index (χ2n) is 5.56. The third-order valence-corrected chi connectivity index (χ3v) is 5.09. The number of hydrogen-bond acceptors (Lipinski definition) is 6. The van der Waals surface area contributed by atoms with E-state index in [1.165, 1.54) is 11.8 Å². The number of nitrogens with one attached hydrogen (secondary N) is 1. The highest BCUT2D eigenvalue weighted by molar-refractivity contribution is 9.10. The number of benzene rings is 1. The molecule has 0 unspecified atom stereocenters. The summed E-state index contributed by atoms with van der Waals surface area (Å²) in [7, 11) is 0. The van der Waals surface area contributed by atoms with E-state index < -0.39 is 6.17 Å². The van der Waals surface area contributed by atoms with E-state index in [2.05, 4.69) is 26.3 Å². The molecule has 1 amide bonds. The summed E-state index contributed by atoms with van der Waals surface area (Å²) < 4.78 is 6.23. The maximum Gasteiger partial charge on any atom is 0.276 e. The number of furan rings is 1. The van der Waals surface area contributed by atoms with Crippen LogP contribution in [0.3, 0.4) is 0 Å². The lowest BCUT2D eigenvalue weighted by Crippen LogP contribution is -2.52. The Morgan fingerprint density at radius 3 is 3.08 bits per heavy atom. The fraction of sp³-hybridized carbons (Fsp3) is 0.167. The smallest absolute Gasteiger partial charge is 0.276 e. The average molecular weight is 431 g/mol. The summed E-state index contributed by atoms with van der Waals surface area (Å²) in [6, 6.07) is 9.38. The van der Waals surface area contributed by atoms with E-state index in [0.717, 1.165) is 26.6 Å². The van der Waals surface area contributed by atoms with Gasteiger partial charge in [-0.2, -0.15) is 0 Å². The van der Waals surface area contributed by atoms with Crippen molar-refractivity contribution in [3.05, 3.63) is 63.5 Å². The van der Waals surface area contributed by atoms with Crippen LogP contribution in [0.5, 0.6) is 0 Å². The lowest BCUT2D eigenvalue weighted by Gasteiger charge is -2.32. The molecule has 2 aromatic rings. The summed E-state index contributed by atoms with van der Waals surface area (Å²) >= 11 is 4.95. The van der Waals surface area contributed by atoms with Crippen molar-refractivity contribution in [1.82, 2.24) is 10.3 Å². The summed E-state index contributed by atoms with van der Waals surface area (Å²) in [5.74, 6) is 1.35. The molecule has 1 aromatic heterocycles. The molecular formula is C18H15BrN4O2S. The van der Waals surface area contributed by atoms with Crippen LogP contribution in [-0.4, -0.2) is 28.0 Å². The third-order valence-electron chi connectivity index (χ3n) is 3.86. The van der Waals surface area contributed by atoms with Crippen molar-refractivity contribution in [2.24, 2.45) is 10.1 Å². The molecule has 0 saturated heterocycles. The molecule has 0 bridgehead atoms. The number of rotatable bonds is 3. The Kier molecular flexibility index (Phi) is 4.69. The molecule has 0 spiro atoms. The molecule has 1 N–H and O–H groups in total. The zero-order valence-corrected chi connectivity index (χ0v) is 16.3. The molecule has 0 aliphatic carbocycles. The molecular weight excluding hydrogens is 416 g/mol. The lowest BCUT2D eigenvalue weighted by atomic mass is 10.1. The molecule has 3 heterocycles. The standard InChI is InChI=1S/C18H15BrN4O2S/c1-2-26-18-21-17(24)16-13-10-11(19)5-7-14(13)20-15(23(16)22-18)8-6-12-4-3-9-25-12/h3-10,15H,2H2,1H3,(H,21,22,24)/b8-6+/t15-/m1/s1. The number of hydrazone groups is 1. The van der Waals surface area contributed by atoms with Crippen molar-refractivity contribution in [3.8, 4) is 0 Å². The van der Waals surface area contributed by atoms with Gasteiger partial charge in [-0.05, 0) is 48.2 Å². The minimum Gasteiger partial charge on any atom is -0.465 e. The summed E-state index contributed by atoms with van der Waals surface area (Å²) in [5.41, 5.74) is 0.492. The fourth-order valence-electron chi connectivity index (χ4n) is 2.77. The number of amidine groups is 1. The maximum absolute atomic E-state index is 12.8. The Morgan fingerprint density at radius 2 is 2.31 bits per heavy atom. The van der Waals surface area contributed by atoms with Gasteiger partial charge in [0.25, 0.3) is 5.91 Å². The van der Waals surface area contributed by atoms with Crippen LogP contribution < -0.4 is 15.9 Å². The molecule has 0 radical (unpaired) electrons. The van der Waals surface area contributed by atoms with E-state index in [1.807, 2.05) is 49.4 Å². The van der Waals surface area contributed by atoms with Crippen LogP contribution in [0.2, 0.25) is 0 Å². The number of fused-ring (bicyclic) bond motifs is 2. The van der Waals surface area contributed by atoms with Crippen molar-refractivity contribution in [2.45, 2.75) is 13.1 Å². The largest absolute Gasteiger partial charge is 0.465 e. The maximum atomic E-state index is 12.8. The summed E-state index contributed by atoms with van der Waals surface area (Å²) in [6.07, 6.45) is 4.90. The van der Waals surface area contributed by atoms with Crippen LogP contribution >= 0.6 is 27.7 Å². The average Bonchev–Trinajstić information content (AvgIpc) is 3.13. The number of amides is 1. The van der Waals surface area contributed by atoms with E-state index in [4.69, 9.17) is 9.41 Å². The molecule has 26 heavy (non-hydrogen) atoms. The van der Waals surface area contributed by atoms with E-state index >= 15 is 0 Å². The normalized spacial score (nSPS) is 18.9. The number of carbonyl (C=O) groups excluding carboxylic acids is 1. The highest BCUT2D eigenvalue weighted by Crippen LogP contribution is 2.22. The van der Waals surface area contributed by atoms with Crippen LogP contribution in [0.1, 0.15) is 12.7 Å². The zero-order valence-electron chi connectivity index (χ0n) is 13.8. The highest BCUT2D eigenvalue weighted by atomic mass is 79.9. The summed E-state index contributed by atoms with van der Waals surface area (Å²) in [6.45, 7) is 2.01. The Hall–Kier alpha value is -2.32. The first-order chi connectivity index (χ1) is 12.7. The van der Waals surface area contributed by atoms with Crippen molar-refractivity contribution >= 4 is 50.5 Å². The number of hydrogen-bond donors (Lipinski definition) is 1. The zero-order chi connectivity index (χ0) is 18.1. The van der Waals surface area contributed by atoms with Crippen molar-refractivity contribution in [2.75, 3.05) is 5.75 Å². The van der Waals surface area contributed by atoms with Gasteiger partial charge in [-0.25, -0.2) is 5.01 Å². The quantitative estimate of drug-likeness (QED) is 0.810. The van der Waals surface area contributed by atoms with Gasteiger partial charge in [0.1, 0.15) is 11.5 Å². The van der Waals surface area contributed by atoms with Crippen LogP contribution in [0.25, 0.3) is 11.8 Å². The van der Waals surface area contributed by atoms with Crippen molar-refractivity contribution < 1.29 is 9.21 Å². The molecule has 2 aliphatic heterocycles. The Bertz CT molecular complexity index is 1030. The van der Waals surface area contributed by atoms with Gasteiger partial charge in [0.05, 0.1) is 11.6 Å². The summed E-state index contributed by atoms with van der Waals surface area (Å²) in [5, 5.41) is 11.2. The van der Waals surface area contributed by atoms with E-state index in [0.29, 0.717) is 10.9 Å². The van der Waals surface area contributed by atoms with E-state index in [-0.39, 0.29) is 5.91 Å². The monoisotopic (exact) mass is 430 g/mol. The van der Waals surface area contributed by atoms with Gasteiger partial charge in [-0.15, -0.1) is 5.10 Å². The van der Waals surface area contributed by atoms with Crippen molar-refractivity contribution in [3.63, 3.8) is 0 Å². The number of nitrogens with zero attached hydrogens (tertiary/aromatic N) is 3. The topological polar surface area (TPSA) is 70.2 Å². The Labute approximate surface area is 162 Å². The van der Waals surface area contributed by atoms with Gasteiger partial charge < -0.3 is 4.42 Å². The number of carbonyl (C=O) groups is 1. The van der Waals surface area contributed by atoms with Crippen LogP contribution in [0.15, 0.2) is 61.7 Å². The van der Waals surface area contributed by atoms with E-state index in [1.54, 1.807) is 11.3 Å². The molecule has 0 saturated carbocycles. The molecule has 8 heteroatoms. The van der Waals surface area contributed by atoms with Crippen LogP contribution in [0, 0.1) is 0 Å². The van der Waals surface area contributed by atoms with Gasteiger partial charge in [0, 0.05) is 9.69 Å². The Balaban J connectivity index is 1.86. The predicted molar refractivity (Wildman–Crippen MR) is 105 cm³/mol. The summed E-state index contributed by atoms with van der Waals surface area (Å²) in [4.78, 5) is 17.5. The molecule has 6 nitrogen and oxygen atoms in total. The first kappa shape index (κ1) is 17.1. The van der Waals surface area contributed by atoms with Gasteiger partial charge in [0.2, 0.25) is 0 Å².